The van der Waals surface area contributed by atoms with Gasteiger partial charge in [-0.05, 0) is 77.0 Å². The number of unbranched alkanes of at least 4 members (excludes halogenated alkanes) is 24. The van der Waals surface area contributed by atoms with Crippen LogP contribution in [0.2, 0.25) is 0 Å². The van der Waals surface area contributed by atoms with E-state index in [4.69, 9.17) is 14.2 Å². The predicted octanol–water partition coefficient (Wildman–Crippen LogP) is 17.4. The first-order valence-electron chi connectivity index (χ1n) is 26.4. The maximum absolute atomic E-state index is 12.8. The van der Waals surface area contributed by atoms with Crippen LogP contribution >= 0.6 is 0 Å². The first-order chi connectivity index (χ1) is 31.0. The Morgan fingerprint density at radius 2 is 0.571 bits per heavy atom. The summed E-state index contributed by atoms with van der Waals surface area (Å²) >= 11 is 0. The van der Waals surface area contributed by atoms with Gasteiger partial charge in [0.1, 0.15) is 13.2 Å². The molecule has 0 aliphatic heterocycles. The molecule has 0 saturated heterocycles. The highest BCUT2D eigenvalue weighted by Crippen LogP contribution is 2.13. The second-order valence-electron chi connectivity index (χ2n) is 17.4. The van der Waals surface area contributed by atoms with Crippen LogP contribution in [0.15, 0.2) is 72.9 Å². The fourth-order valence-corrected chi connectivity index (χ4v) is 7.19. The third kappa shape index (κ3) is 49.7. The van der Waals surface area contributed by atoms with Crippen molar-refractivity contribution < 1.29 is 28.6 Å². The van der Waals surface area contributed by atoms with Crippen LogP contribution in [0, 0.1) is 0 Å². The van der Waals surface area contributed by atoms with Crippen molar-refractivity contribution in [1.82, 2.24) is 0 Å². The van der Waals surface area contributed by atoms with Crippen molar-refractivity contribution in [3.63, 3.8) is 0 Å². The monoisotopic (exact) mass is 879 g/mol. The van der Waals surface area contributed by atoms with Gasteiger partial charge >= 0.3 is 17.9 Å². The molecule has 6 heteroatoms. The summed E-state index contributed by atoms with van der Waals surface area (Å²) in [6.45, 7) is 6.49. The molecule has 0 bridgehead atoms. The van der Waals surface area contributed by atoms with Crippen molar-refractivity contribution in [3.8, 4) is 0 Å². The second kappa shape index (κ2) is 51.5. The first kappa shape index (κ1) is 59.9. The molecular formula is C57H98O6. The third-order valence-electron chi connectivity index (χ3n) is 11.2. The fourth-order valence-electron chi connectivity index (χ4n) is 7.19. The zero-order chi connectivity index (χ0) is 45.8. The molecule has 63 heavy (non-hydrogen) atoms. The maximum Gasteiger partial charge on any atom is 0.306 e. The molecule has 0 amide bonds. The molecule has 0 saturated carbocycles. The van der Waals surface area contributed by atoms with Gasteiger partial charge in [0.05, 0.1) is 0 Å². The molecule has 0 aromatic carbocycles. The van der Waals surface area contributed by atoms with E-state index >= 15 is 0 Å². The maximum atomic E-state index is 12.8. The Bertz CT molecular complexity index is 1130. The van der Waals surface area contributed by atoms with Gasteiger partial charge in [0, 0.05) is 19.3 Å². The summed E-state index contributed by atoms with van der Waals surface area (Å²) in [6, 6.07) is 0. The van der Waals surface area contributed by atoms with Gasteiger partial charge in [-0.1, -0.05) is 229 Å². The summed E-state index contributed by atoms with van der Waals surface area (Å²) in [5, 5.41) is 0. The zero-order valence-electron chi connectivity index (χ0n) is 41.3. The topological polar surface area (TPSA) is 78.9 Å². The molecule has 0 N–H and O–H groups in total. The Kier molecular flexibility index (Phi) is 48.9. The number of carbonyl (C=O) groups is 3. The Morgan fingerprint density at radius 3 is 0.873 bits per heavy atom. The molecule has 0 heterocycles. The highest BCUT2D eigenvalue weighted by Gasteiger charge is 2.19. The van der Waals surface area contributed by atoms with E-state index in [-0.39, 0.29) is 44.4 Å². The van der Waals surface area contributed by atoms with E-state index in [2.05, 4.69) is 75.5 Å². The van der Waals surface area contributed by atoms with Crippen LogP contribution in [0.5, 0.6) is 0 Å². The summed E-state index contributed by atoms with van der Waals surface area (Å²) in [5.41, 5.74) is 0. The lowest BCUT2D eigenvalue weighted by Gasteiger charge is -2.18. The lowest BCUT2D eigenvalue weighted by molar-refractivity contribution is -0.166. The molecule has 362 valence electrons. The zero-order valence-corrected chi connectivity index (χ0v) is 41.3. The Morgan fingerprint density at radius 1 is 0.317 bits per heavy atom. The number of rotatable bonds is 47. The van der Waals surface area contributed by atoms with Crippen LogP contribution in [0.1, 0.15) is 252 Å². The number of allylic oxidation sites excluding steroid dienone is 12. The van der Waals surface area contributed by atoms with Crippen molar-refractivity contribution in [2.24, 2.45) is 0 Å². The second-order valence-corrected chi connectivity index (χ2v) is 17.4. The minimum atomic E-state index is -0.850. The third-order valence-corrected chi connectivity index (χ3v) is 11.2. The molecule has 0 fully saturated rings. The smallest absolute Gasteiger partial charge is 0.306 e. The largest absolute Gasteiger partial charge is 0.462 e. The standard InChI is InChI=1S/C57H98O6/c1-4-7-10-13-16-19-22-25-28-31-34-37-40-43-46-49-55(58)61-52-54(63-57(60)51-48-45-42-39-36-33-30-27-24-21-18-15-12-9-6-3)53-62-56(59)50-47-44-41-38-35-32-29-26-23-20-17-14-11-8-5-2/h31-36,40-45,54H,4-30,37-39,46-53H2,1-3H3/b34-31-,35-32-,36-33-,43-40-,44-41-,45-42-. The van der Waals surface area contributed by atoms with Gasteiger partial charge in [0.25, 0.3) is 0 Å². The molecule has 0 aromatic heterocycles. The Labute approximate surface area is 389 Å². The van der Waals surface area contributed by atoms with Crippen LogP contribution in [0.3, 0.4) is 0 Å². The van der Waals surface area contributed by atoms with Crippen molar-refractivity contribution in [2.45, 2.75) is 258 Å². The van der Waals surface area contributed by atoms with Gasteiger partial charge in [-0.2, -0.15) is 0 Å². The van der Waals surface area contributed by atoms with Crippen LogP contribution in [0.25, 0.3) is 0 Å². The van der Waals surface area contributed by atoms with E-state index in [1.165, 1.54) is 154 Å². The molecule has 0 radical (unpaired) electrons. The molecule has 0 unspecified atom stereocenters. The van der Waals surface area contributed by atoms with Gasteiger partial charge in [0.2, 0.25) is 0 Å². The molecule has 6 nitrogen and oxygen atoms in total. The van der Waals surface area contributed by atoms with Crippen LogP contribution < -0.4 is 0 Å². The van der Waals surface area contributed by atoms with Crippen LogP contribution in [-0.2, 0) is 28.6 Å². The lowest BCUT2D eigenvalue weighted by Crippen LogP contribution is -2.30. The SMILES string of the molecule is CCCCCCCCCC/C=C\C/C=C\CCC(=O)OCC(COC(=O)CC/C=C\C/C=C\CCCCCCCCCC)OC(=O)CC/C=C\C/C=C\CCCCCCCCCC. The number of ether oxygens (including phenoxy) is 3. The number of hydrogen-bond donors (Lipinski definition) is 0. The average Bonchev–Trinajstić information content (AvgIpc) is 3.28. The highest BCUT2D eigenvalue weighted by molar-refractivity contribution is 5.71. The highest BCUT2D eigenvalue weighted by atomic mass is 16.6. The van der Waals surface area contributed by atoms with Gasteiger partial charge < -0.3 is 14.2 Å². The van der Waals surface area contributed by atoms with Gasteiger partial charge in [-0.25, -0.2) is 0 Å². The van der Waals surface area contributed by atoms with Crippen molar-refractivity contribution in [1.29, 1.82) is 0 Å². The van der Waals surface area contributed by atoms with E-state index in [9.17, 15) is 14.4 Å². The van der Waals surface area contributed by atoms with Crippen molar-refractivity contribution in [3.05, 3.63) is 72.9 Å². The normalized spacial score (nSPS) is 12.2. The molecule has 0 aliphatic rings. The summed E-state index contributed by atoms with van der Waals surface area (Å²) in [5.74, 6) is -1.14. The number of carbonyl (C=O) groups excluding carboxylic acids is 3. The number of esters is 3. The summed E-state index contributed by atoms with van der Waals surface area (Å²) in [4.78, 5) is 37.9. The Balaban J connectivity index is 4.58. The Hall–Kier alpha value is -3.15. The minimum Gasteiger partial charge on any atom is -0.462 e. The van der Waals surface area contributed by atoms with Gasteiger partial charge in [-0.3, -0.25) is 14.4 Å². The van der Waals surface area contributed by atoms with Gasteiger partial charge in [0.15, 0.2) is 6.10 Å². The summed E-state index contributed by atoms with van der Waals surface area (Å²) in [6.07, 6.45) is 65.0. The number of hydrogen-bond acceptors (Lipinski definition) is 6. The molecular weight excluding hydrogens is 781 g/mol. The first-order valence-corrected chi connectivity index (χ1v) is 26.4. The van der Waals surface area contributed by atoms with E-state index in [1.54, 1.807) is 0 Å². The minimum absolute atomic E-state index is 0.145. The average molecular weight is 879 g/mol. The van der Waals surface area contributed by atoms with E-state index in [1.807, 2.05) is 18.2 Å². The molecule has 0 aliphatic carbocycles. The summed E-state index contributed by atoms with van der Waals surface area (Å²) in [7, 11) is 0. The molecule has 0 atom stereocenters. The van der Waals surface area contributed by atoms with E-state index < -0.39 is 12.1 Å². The molecule has 0 aromatic rings. The quantitative estimate of drug-likeness (QED) is 0.0262. The van der Waals surface area contributed by atoms with Crippen LogP contribution in [0.4, 0.5) is 0 Å². The molecule has 0 spiro atoms. The van der Waals surface area contributed by atoms with E-state index in [0.717, 1.165) is 38.5 Å². The van der Waals surface area contributed by atoms with Crippen LogP contribution in [-0.4, -0.2) is 37.2 Å². The summed E-state index contributed by atoms with van der Waals surface area (Å²) < 4.78 is 16.6. The lowest BCUT2D eigenvalue weighted by atomic mass is 10.1. The predicted molar refractivity (Wildman–Crippen MR) is 270 cm³/mol. The van der Waals surface area contributed by atoms with E-state index in [0.29, 0.717) is 19.3 Å². The van der Waals surface area contributed by atoms with Crippen molar-refractivity contribution >= 4 is 17.9 Å². The van der Waals surface area contributed by atoms with Gasteiger partial charge in [-0.15, -0.1) is 0 Å². The molecule has 0 rings (SSSR count). The fraction of sp³-hybridized carbons (Fsp3) is 0.737. The van der Waals surface area contributed by atoms with Crippen molar-refractivity contribution in [2.75, 3.05) is 13.2 Å².